The lowest BCUT2D eigenvalue weighted by atomic mass is 10.1. The van der Waals surface area contributed by atoms with Gasteiger partial charge in [-0.05, 0) is 25.0 Å². The van der Waals surface area contributed by atoms with Gasteiger partial charge in [-0.15, -0.1) is 0 Å². The number of hydrogen-bond donors (Lipinski definition) is 2. The predicted octanol–water partition coefficient (Wildman–Crippen LogP) is 2.66. The Hall–Kier alpha value is -1.76. The van der Waals surface area contributed by atoms with Gasteiger partial charge in [0.1, 0.15) is 0 Å². The maximum Gasteiger partial charge on any atom is 0.418 e. The summed E-state index contributed by atoms with van der Waals surface area (Å²) in [5.74, 6) is 0. The summed E-state index contributed by atoms with van der Waals surface area (Å²) in [5, 5.41) is 2.33. The van der Waals surface area contributed by atoms with Gasteiger partial charge in [0, 0.05) is 19.1 Å². The molecule has 1 aromatic rings. The first-order valence-corrected chi connectivity index (χ1v) is 6.37. The van der Waals surface area contributed by atoms with Crippen LogP contribution >= 0.6 is 0 Å². The van der Waals surface area contributed by atoms with E-state index in [1.807, 2.05) is 0 Å². The quantitative estimate of drug-likeness (QED) is 0.894. The molecule has 1 aliphatic rings. The number of carbonyl (C=O) groups excluding carboxylic acids is 1. The predicted molar refractivity (Wildman–Crippen MR) is 69.2 cm³/mol. The molecule has 1 aromatic carbocycles. The molecule has 0 heterocycles. The van der Waals surface area contributed by atoms with Crippen molar-refractivity contribution in [1.29, 1.82) is 0 Å². The van der Waals surface area contributed by atoms with Gasteiger partial charge in [0.05, 0.1) is 11.3 Å². The Balaban J connectivity index is 2.15. The molecule has 0 saturated heterocycles. The number of urea groups is 1. The minimum Gasteiger partial charge on any atom is -0.329 e. The van der Waals surface area contributed by atoms with E-state index in [-0.39, 0.29) is 18.3 Å². The first-order chi connectivity index (χ1) is 9.43. The zero-order valence-corrected chi connectivity index (χ0v) is 10.8. The molecule has 0 aromatic heterocycles. The number of nitrogens with two attached hydrogens (primary N) is 1. The molecule has 0 atom stereocenters. The molecule has 4 nitrogen and oxygen atoms in total. The minimum atomic E-state index is -4.50. The second-order valence-corrected chi connectivity index (χ2v) is 4.69. The molecule has 1 saturated carbocycles. The summed E-state index contributed by atoms with van der Waals surface area (Å²) in [6.45, 7) is 0.621. The van der Waals surface area contributed by atoms with Crippen molar-refractivity contribution in [1.82, 2.24) is 4.90 Å². The molecule has 2 amide bonds. The van der Waals surface area contributed by atoms with Crippen LogP contribution in [-0.2, 0) is 6.18 Å². The Morgan fingerprint density at radius 2 is 2.00 bits per heavy atom. The van der Waals surface area contributed by atoms with E-state index in [2.05, 4.69) is 5.32 Å². The second-order valence-electron chi connectivity index (χ2n) is 4.69. The molecule has 0 bridgehead atoms. The number of benzene rings is 1. The van der Waals surface area contributed by atoms with E-state index in [9.17, 15) is 18.0 Å². The SMILES string of the molecule is NCCN(C(=O)Nc1ccccc1C(F)(F)F)C1CC1. The molecule has 1 fully saturated rings. The lowest BCUT2D eigenvalue weighted by Crippen LogP contribution is -2.40. The third kappa shape index (κ3) is 3.41. The summed E-state index contributed by atoms with van der Waals surface area (Å²) in [4.78, 5) is 13.5. The van der Waals surface area contributed by atoms with Crippen molar-refractivity contribution < 1.29 is 18.0 Å². The molecular formula is C13H16F3N3O. The standard InChI is InChI=1S/C13H16F3N3O/c14-13(15,16)10-3-1-2-4-11(10)18-12(20)19(8-7-17)9-5-6-9/h1-4,9H,5-8,17H2,(H,18,20). The van der Waals surface area contributed by atoms with Crippen molar-refractivity contribution in [2.45, 2.75) is 25.1 Å². The van der Waals surface area contributed by atoms with Gasteiger partial charge in [0.15, 0.2) is 0 Å². The van der Waals surface area contributed by atoms with E-state index >= 15 is 0 Å². The number of nitrogens with one attached hydrogen (secondary N) is 1. The topological polar surface area (TPSA) is 58.4 Å². The van der Waals surface area contributed by atoms with E-state index in [4.69, 9.17) is 5.73 Å². The van der Waals surface area contributed by atoms with Crippen LogP contribution in [0.1, 0.15) is 18.4 Å². The first kappa shape index (κ1) is 14.6. The maximum atomic E-state index is 12.8. The third-order valence-corrected chi connectivity index (χ3v) is 3.09. The van der Waals surface area contributed by atoms with Gasteiger partial charge in [-0.1, -0.05) is 12.1 Å². The number of alkyl halides is 3. The molecule has 110 valence electrons. The summed E-state index contributed by atoms with van der Waals surface area (Å²) in [5.41, 5.74) is 4.34. The first-order valence-electron chi connectivity index (χ1n) is 6.37. The fourth-order valence-corrected chi connectivity index (χ4v) is 2.00. The lowest BCUT2D eigenvalue weighted by Gasteiger charge is -2.23. The average molecular weight is 287 g/mol. The highest BCUT2D eigenvalue weighted by Gasteiger charge is 2.35. The molecule has 0 spiro atoms. The monoisotopic (exact) mass is 287 g/mol. The number of halogens is 3. The fourth-order valence-electron chi connectivity index (χ4n) is 2.00. The van der Waals surface area contributed by atoms with Gasteiger partial charge in [-0.3, -0.25) is 0 Å². The van der Waals surface area contributed by atoms with Gasteiger partial charge in [-0.2, -0.15) is 13.2 Å². The molecular weight excluding hydrogens is 271 g/mol. The highest BCUT2D eigenvalue weighted by atomic mass is 19.4. The van der Waals surface area contributed by atoms with Crippen molar-refractivity contribution in [2.75, 3.05) is 18.4 Å². The summed E-state index contributed by atoms with van der Waals surface area (Å²) in [6.07, 6.45) is -2.76. The van der Waals surface area contributed by atoms with E-state index in [1.54, 1.807) is 0 Å². The third-order valence-electron chi connectivity index (χ3n) is 3.09. The molecule has 0 unspecified atom stereocenters. The van der Waals surface area contributed by atoms with Crippen LogP contribution in [0.5, 0.6) is 0 Å². The van der Waals surface area contributed by atoms with Crippen molar-refractivity contribution in [3.05, 3.63) is 29.8 Å². The normalized spacial score (nSPS) is 15.0. The number of para-hydroxylation sites is 1. The van der Waals surface area contributed by atoms with Crippen LogP contribution < -0.4 is 11.1 Å². The zero-order valence-electron chi connectivity index (χ0n) is 10.8. The van der Waals surface area contributed by atoms with Gasteiger partial charge in [0.2, 0.25) is 0 Å². The van der Waals surface area contributed by atoms with Crippen LogP contribution in [0.3, 0.4) is 0 Å². The molecule has 3 N–H and O–H groups in total. The highest BCUT2D eigenvalue weighted by Crippen LogP contribution is 2.35. The Bertz CT molecular complexity index is 486. The largest absolute Gasteiger partial charge is 0.418 e. The summed E-state index contributed by atoms with van der Waals surface area (Å²) >= 11 is 0. The number of rotatable bonds is 4. The van der Waals surface area contributed by atoms with Crippen LogP contribution in [0.15, 0.2) is 24.3 Å². The van der Waals surface area contributed by atoms with Crippen molar-refractivity contribution in [2.24, 2.45) is 5.73 Å². The van der Waals surface area contributed by atoms with E-state index < -0.39 is 17.8 Å². The Labute approximate surface area is 114 Å². The van der Waals surface area contributed by atoms with Crippen LogP contribution in [0.25, 0.3) is 0 Å². The number of nitrogens with zero attached hydrogens (tertiary/aromatic N) is 1. The molecule has 2 rings (SSSR count). The Morgan fingerprint density at radius 3 is 2.55 bits per heavy atom. The van der Waals surface area contributed by atoms with E-state index in [1.165, 1.54) is 23.1 Å². The van der Waals surface area contributed by atoms with Gasteiger partial charge < -0.3 is 16.0 Å². The molecule has 1 aliphatic carbocycles. The smallest absolute Gasteiger partial charge is 0.329 e. The van der Waals surface area contributed by atoms with Crippen molar-refractivity contribution in [3.63, 3.8) is 0 Å². The van der Waals surface area contributed by atoms with Gasteiger partial charge in [-0.25, -0.2) is 4.79 Å². The number of carbonyl (C=O) groups is 1. The second kappa shape index (κ2) is 5.70. The van der Waals surface area contributed by atoms with Crippen molar-refractivity contribution in [3.8, 4) is 0 Å². The summed E-state index contributed by atoms with van der Waals surface area (Å²) < 4.78 is 38.5. The van der Waals surface area contributed by atoms with Crippen LogP contribution in [0.4, 0.5) is 23.7 Å². The van der Waals surface area contributed by atoms with Gasteiger partial charge in [0.25, 0.3) is 0 Å². The Morgan fingerprint density at radius 1 is 1.35 bits per heavy atom. The van der Waals surface area contributed by atoms with Crippen LogP contribution in [0.2, 0.25) is 0 Å². The number of hydrogen-bond acceptors (Lipinski definition) is 2. The molecule has 7 heteroatoms. The van der Waals surface area contributed by atoms with Crippen LogP contribution in [0, 0.1) is 0 Å². The average Bonchev–Trinajstić information content (AvgIpc) is 3.19. The minimum absolute atomic E-state index is 0.0941. The van der Waals surface area contributed by atoms with Crippen molar-refractivity contribution >= 4 is 11.7 Å². The molecule has 20 heavy (non-hydrogen) atoms. The van der Waals surface area contributed by atoms with Gasteiger partial charge >= 0.3 is 12.2 Å². The lowest BCUT2D eigenvalue weighted by molar-refractivity contribution is -0.136. The summed E-state index contributed by atoms with van der Waals surface area (Å²) in [7, 11) is 0. The van der Waals surface area contributed by atoms with Crippen LogP contribution in [-0.4, -0.2) is 30.1 Å². The number of amides is 2. The highest BCUT2D eigenvalue weighted by molar-refractivity contribution is 5.90. The zero-order chi connectivity index (χ0) is 14.8. The van der Waals surface area contributed by atoms with E-state index in [0.29, 0.717) is 6.54 Å². The van der Waals surface area contributed by atoms with E-state index in [0.717, 1.165) is 18.9 Å². The molecule has 0 radical (unpaired) electrons. The fraction of sp³-hybridized carbons (Fsp3) is 0.462. The number of anilines is 1. The Kier molecular flexibility index (Phi) is 4.17. The summed E-state index contributed by atoms with van der Waals surface area (Å²) in [6, 6.07) is 4.49. The molecule has 0 aliphatic heterocycles. The maximum absolute atomic E-state index is 12.8.